The first-order chi connectivity index (χ1) is 18.4. The van der Waals surface area contributed by atoms with Gasteiger partial charge in [-0.25, -0.2) is 9.97 Å². The van der Waals surface area contributed by atoms with Crippen LogP contribution in [0, 0.1) is 18.3 Å². The van der Waals surface area contributed by atoms with Crippen LogP contribution < -0.4 is 10.1 Å². The van der Waals surface area contributed by atoms with Gasteiger partial charge in [-0.15, -0.1) is 5.10 Å². The van der Waals surface area contributed by atoms with Crippen molar-refractivity contribution < 1.29 is 22.7 Å². The summed E-state index contributed by atoms with van der Waals surface area (Å²) in [7, 11) is 0. The Hall–Kier alpha value is -4.43. The summed E-state index contributed by atoms with van der Waals surface area (Å²) in [6, 6.07) is 14.0. The third-order valence-corrected chi connectivity index (χ3v) is 5.93. The highest BCUT2D eigenvalue weighted by molar-refractivity contribution is 6.30. The van der Waals surface area contributed by atoms with Crippen molar-refractivity contribution in [3.63, 3.8) is 0 Å². The van der Waals surface area contributed by atoms with Crippen LogP contribution in [0.1, 0.15) is 64.7 Å². The van der Waals surface area contributed by atoms with Crippen molar-refractivity contribution in [2.75, 3.05) is 0 Å². The maximum atomic E-state index is 13.7. The van der Waals surface area contributed by atoms with E-state index in [2.05, 4.69) is 20.4 Å². The average molecular weight is 555 g/mol. The van der Waals surface area contributed by atoms with Crippen molar-refractivity contribution >= 4 is 17.5 Å². The van der Waals surface area contributed by atoms with E-state index in [9.17, 15) is 18.0 Å². The second kappa shape index (κ2) is 11.1. The highest BCUT2D eigenvalue weighted by atomic mass is 35.5. The zero-order valence-corrected chi connectivity index (χ0v) is 21.7. The number of rotatable bonds is 7. The zero-order valence-electron chi connectivity index (χ0n) is 21.0. The minimum atomic E-state index is -4.71. The van der Waals surface area contributed by atoms with Gasteiger partial charge in [0.1, 0.15) is 23.7 Å². The molecule has 0 aliphatic rings. The van der Waals surface area contributed by atoms with Gasteiger partial charge in [-0.3, -0.25) is 4.79 Å². The summed E-state index contributed by atoms with van der Waals surface area (Å²) in [5, 5.41) is 16.4. The first-order valence-corrected chi connectivity index (χ1v) is 12.1. The summed E-state index contributed by atoms with van der Waals surface area (Å²) in [5.41, 5.74) is -0.266. The highest BCUT2D eigenvalue weighted by Gasteiger charge is 2.32. The van der Waals surface area contributed by atoms with Crippen molar-refractivity contribution in [3.05, 3.63) is 99.7 Å². The molecule has 39 heavy (non-hydrogen) atoms. The number of halogens is 4. The fourth-order valence-electron chi connectivity index (χ4n) is 3.80. The number of aromatic nitrogens is 4. The Bertz CT molecular complexity index is 1550. The molecule has 2 atom stereocenters. The Morgan fingerprint density at radius 1 is 1.15 bits per heavy atom. The lowest BCUT2D eigenvalue weighted by atomic mass is 10.1. The van der Waals surface area contributed by atoms with E-state index in [1.165, 1.54) is 16.9 Å². The molecule has 2 aromatic carbocycles. The molecule has 1 N–H and O–H groups in total. The number of hydrogen-bond donors (Lipinski definition) is 1. The predicted octanol–water partition coefficient (Wildman–Crippen LogP) is 6.15. The molecule has 12 heteroatoms. The van der Waals surface area contributed by atoms with E-state index >= 15 is 0 Å². The summed E-state index contributed by atoms with van der Waals surface area (Å²) in [6.07, 6.45) is -3.98. The van der Waals surface area contributed by atoms with Crippen molar-refractivity contribution in [1.82, 2.24) is 25.1 Å². The molecule has 4 aromatic rings. The van der Waals surface area contributed by atoms with Gasteiger partial charge in [0.15, 0.2) is 11.6 Å². The largest absolute Gasteiger partial charge is 0.486 e. The normalized spacial score (nSPS) is 12.9. The quantitative estimate of drug-likeness (QED) is 0.294. The lowest BCUT2D eigenvalue weighted by Gasteiger charge is -2.19. The fraction of sp³-hybridized carbons (Fsp3) is 0.222. The molecule has 0 radical (unpaired) electrons. The summed E-state index contributed by atoms with van der Waals surface area (Å²) in [6.45, 7) is 4.93. The predicted molar refractivity (Wildman–Crippen MR) is 136 cm³/mol. The van der Waals surface area contributed by atoms with E-state index in [1.54, 1.807) is 57.2 Å². The average Bonchev–Trinajstić information content (AvgIpc) is 3.29. The SMILES string of the molecule is Cc1nc([C@H](C)NC(=O)c2cc(OC(C)c3cccc(Cl)c3)cc(C(F)(F)F)c2)n(-c2ccc(C#N)cn2)n1. The Balaban J connectivity index is 1.61. The minimum absolute atomic E-state index is 0.129. The highest BCUT2D eigenvalue weighted by Crippen LogP contribution is 2.34. The number of amides is 1. The molecule has 0 bridgehead atoms. The lowest BCUT2D eigenvalue weighted by molar-refractivity contribution is -0.137. The molecule has 0 saturated heterocycles. The molecule has 4 rings (SSSR count). The van der Waals surface area contributed by atoms with Crippen LogP contribution in [0.15, 0.2) is 60.8 Å². The Morgan fingerprint density at radius 3 is 2.56 bits per heavy atom. The van der Waals surface area contributed by atoms with Crippen LogP contribution in [-0.4, -0.2) is 25.7 Å². The standard InChI is InChI=1S/C27H22ClF3N6O2/c1-15(25-35-17(3)36-37(25)24-8-7-18(13-32)14-33-24)34-26(38)20-9-21(27(29,30)31)12-23(11-20)39-16(2)19-5-4-6-22(28)10-19/h4-12,14-16H,1-3H3,(H,34,38)/t15-,16?/m0/s1. The molecule has 0 spiro atoms. The van der Waals surface area contributed by atoms with Gasteiger partial charge in [-0.2, -0.15) is 23.1 Å². The molecule has 2 heterocycles. The molecule has 1 amide bonds. The Kier molecular flexibility index (Phi) is 7.88. The van der Waals surface area contributed by atoms with Crippen molar-refractivity contribution in [1.29, 1.82) is 5.26 Å². The van der Waals surface area contributed by atoms with Crippen molar-refractivity contribution in [3.8, 4) is 17.6 Å². The Morgan fingerprint density at radius 2 is 1.92 bits per heavy atom. The number of nitrogens with zero attached hydrogens (tertiary/aromatic N) is 5. The number of alkyl halides is 3. The first kappa shape index (κ1) is 27.6. The number of nitrogens with one attached hydrogen (secondary N) is 1. The van der Waals surface area contributed by atoms with E-state index in [0.29, 0.717) is 33.6 Å². The minimum Gasteiger partial charge on any atom is -0.486 e. The topological polar surface area (TPSA) is 106 Å². The van der Waals surface area contributed by atoms with Gasteiger partial charge in [-0.05, 0) is 68.8 Å². The third-order valence-electron chi connectivity index (χ3n) is 5.69. The number of hydrogen-bond acceptors (Lipinski definition) is 6. The van der Waals surface area contributed by atoms with Crippen molar-refractivity contribution in [2.45, 2.75) is 39.1 Å². The molecule has 200 valence electrons. The second-order valence-electron chi connectivity index (χ2n) is 8.70. The van der Waals surface area contributed by atoms with Gasteiger partial charge < -0.3 is 10.1 Å². The molecule has 0 aliphatic carbocycles. The summed E-state index contributed by atoms with van der Waals surface area (Å²) in [5.74, 6) is 0.151. The fourth-order valence-corrected chi connectivity index (χ4v) is 3.99. The number of nitriles is 1. The van der Waals surface area contributed by atoms with E-state index in [4.69, 9.17) is 21.6 Å². The number of ether oxygens (including phenoxy) is 1. The molecule has 0 aliphatic heterocycles. The summed E-state index contributed by atoms with van der Waals surface area (Å²) < 4.78 is 48.3. The van der Waals surface area contributed by atoms with Crippen LogP contribution in [0.2, 0.25) is 5.02 Å². The molecular weight excluding hydrogens is 533 g/mol. The third kappa shape index (κ3) is 6.53. The monoisotopic (exact) mass is 554 g/mol. The van der Waals surface area contributed by atoms with Crippen LogP contribution in [0.5, 0.6) is 5.75 Å². The van der Waals surface area contributed by atoms with E-state index < -0.39 is 29.8 Å². The molecule has 8 nitrogen and oxygen atoms in total. The smallest absolute Gasteiger partial charge is 0.416 e. The zero-order chi connectivity index (χ0) is 28.3. The van der Waals surface area contributed by atoms with Gasteiger partial charge >= 0.3 is 6.18 Å². The maximum absolute atomic E-state index is 13.7. The van der Waals surface area contributed by atoms with E-state index in [-0.39, 0.29) is 11.3 Å². The van der Waals surface area contributed by atoms with E-state index in [1.807, 2.05) is 6.07 Å². The van der Waals surface area contributed by atoms with Gasteiger partial charge in [0.25, 0.3) is 5.91 Å². The van der Waals surface area contributed by atoms with Crippen molar-refractivity contribution in [2.24, 2.45) is 0 Å². The van der Waals surface area contributed by atoms with Crippen LogP contribution in [-0.2, 0) is 6.18 Å². The summed E-state index contributed by atoms with van der Waals surface area (Å²) in [4.78, 5) is 21.7. The molecular formula is C27H22ClF3N6O2. The number of benzene rings is 2. The van der Waals surface area contributed by atoms with Gasteiger partial charge in [-0.1, -0.05) is 23.7 Å². The van der Waals surface area contributed by atoms with Crippen LogP contribution in [0.4, 0.5) is 13.2 Å². The number of carbonyl (C=O) groups excluding carboxylic acids is 1. The van der Waals surface area contributed by atoms with Crippen LogP contribution >= 0.6 is 11.6 Å². The number of aryl methyl sites for hydroxylation is 1. The summed E-state index contributed by atoms with van der Waals surface area (Å²) >= 11 is 6.02. The molecule has 1 unspecified atom stereocenters. The van der Waals surface area contributed by atoms with Gasteiger partial charge in [0.05, 0.1) is 17.2 Å². The first-order valence-electron chi connectivity index (χ1n) is 11.7. The van der Waals surface area contributed by atoms with Gasteiger partial charge in [0.2, 0.25) is 0 Å². The van der Waals surface area contributed by atoms with E-state index in [0.717, 1.165) is 12.1 Å². The Labute approximate surface area is 227 Å². The number of carbonyl (C=O) groups is 1. The van der Waals surface area contributed by atoms with Crippen LogP contribution in [0.25, 0.3) is 5.82 Å². The lowest BCUT2D eigenvalue weighted by Crippen LogP contribution is -2.29. The molecule has 0 saturated carbocycles. The molecule has 2 aromatic heterocycles. The second-order valence-corrected chi connectivity index (χ2v) is 9.14. The van der Waals surface area contributed by atoms with Crippen LogP contribution in [0.3, 0.4) is 0 Å². The van der Waals surface area contributed by atoms with Gasteiger partial charge in [0, 0.05) is 16.8 Å². The number of pyridine rings is 1. The maximum Gasteiger partial charge on any atom is 0.416 e. The molecule has 0 fully saturated rings.